The molecule has 0 saturated heterocycles. The van der Waals surface area contributed by atoms with Crippen molar-refractivity contribution in [3.05, 3.63) is 36.7 Å². The highest BCUT2D eigenvalue weighted by atomic mass is 32.2. The van der Waals surface area contributed by atoms with E-state index in [-0.39, 0.29) is 18.2 Å². The maximum atomic E-state index is 12.1. The monoisotopic (exact) mass is 295 g/mol. The zero-order valence-corrected chi connectivity index (χ0v) is 11.3. The Kier molecular flexibility index (Phi) is 3.33. The Hall–Kier alpha value is -2.06. The second kappa shape index (κ2) is 5.14. The Bertz CT molecular complexity index is 697. The molecule has 106 valence electrons. The predicted octanol–water partition coefficient (Wildman–Crippen LogP) is 0.590. The van der Waals surface area contributed by atoms with Crippen LogP contribution >= 0.6 is 0 Å². The molecule has 20 heavy (non-hydrogen) atoms. The molecule has 0 radical (unpaired) electrons. The van der Waals surface area contributed by atoms with Crippen LogP contribution in [0.5, 0.6) is 11.5 Å². The summed E-state index contributed by atoms with van der Waals surface area (Å²) < 4.78 is 38.7. The van der Waals surface area contributed by atoms with E-state index in [0.29, 0.717) is 18.0 Å². The van der Waals surface area contributed by atoms with Crippen molar-refractivity contribution in [2.75, 3.05) is 13.3 Å². The zero-order chi connectivity index (χ0) is 14.0. The van der Waals surface area contributed by atoms with Gasteiger partial charge in [0, 0.05) is 25.0 Å². The Balaban J connectivity index is 1.68. The van der Waals surface area contributed by atoms with Crippen LogP contribution in [0, 0.1) is 0 Å². The molecule has 0 aliphatic carbocycles. The largest absolute Gasteiger partial charge is 0.454 e. The summed E-state index contributed by atoms with van der Waals surface area (Å²) in [4.78, 5) is 0.155. The van der Waals surface area contributed by atoms with Gasteiger partial charge in [0.1, 0.15) is 0 Å². The van der Waals surface area contributed by atoms with Crippen molar-refractivity contribution in [2.45, 2.75) is 11.4 Å². The third kappa shape index (κ3) is 2.61. The minimum Gasteiger partial charge on any atom is -0.454 e. The van der Waals surface area contributed by atoms with Crippen LogP contribution in [0.3, 0.4) is 0 Å². The fraction of sp³-hybridized carbons (Fsp3) is 0.250. The summed E-state index contributed by atoms with van der Waals surface area (Å²) in [6.07, 6.45) is 3.42. The smallest absolute Gasteiger partial charge is 0.240 e. The number of ether oxygens (including phenoxy) is 2. The summed E-state index contributed by atoms with van der Waals surface area (Å²) in [5.74, 6) is 1.00. The van der Waals surface area contributed by atoms with E-state index in [2.05, 4.69) is 9.82 Å². The van der Waals surface area contributed by atoms with Gasteiger partial charge in [-0.05, 0) is 18.2 Å². The van der Waals surface area contributed by atoms with E-state index in [9.17, 15) is 8.42 Å². The summed E-state index contributed by atoms with van der Waals surface area (Å²) in [5, 5.41) is 4.00. The van der Waals surface area contributed by atoms with Crippen molar-refractivity contribution in [3.63, 3.8) is 0 Å². The average Bonchev–Trinajstić information content (AvgIpc) is 3.08. The van der Waals surface area contributed by atoms with Crippen molar-refractivity contribution < 1.29 is 17.9 Å². The summed E-state index contributed by atoms with van der Waals surface area (Å²) in [6, 6.07) is 6.32. The summed E-state index contributed by atoms with van der Waals surface area (Å²) in [7, 11) is -3.56. The van der Waals surface area contributed by atoms with Crippen molar-refractivity contribution in [1.29, 1.82) is 0 Å². The van der Waals surface area contributed by atoms with E-state index in [4.69, 9.17) is 9.47 Å². The van der Waals surface area contributed by atoms with Gasteiger partial charge in [0.2, 0.25) is 16.8 Å². The molecule has 0 fully saturated rings. The first-order chi connectivity index (χ1) is 9.65. The van der Waals surface area contributed by atoms with Gasteiger partial charge in [0.05, 0.1) is 11.4 Å². The lowest BCUT2D eigenvalue weighted by Crippen LogP contribution is -2.27. The molecule has 3 rings (SSSR count). The van der Waals surface area contributed by atoms with Crippen LogP contribution in [-0.2, 0) is 16.6 Å². The van der Waals surface area contributed by atoms with Gasteiger partial charge in [-0.15, -0.1) is 0 Å². The molecule has 8 heteroatoms. The fourth-order valence-corrected chi connectivity index (χ4v) is 2.89. The van der Waals surface area contributed by atoms with E-state index < -0.39 is 10.0 Å². The van der Waals surface area contributed by atoms with E-state index in [1.54, 1.807) is 29.2 Å². The van der Waals surface area contributed by atoms with Crippen molar-refractivity contribution >= 4 is 10.0 Å². The number of hydrogen-bond acceptors (Lipinski definition) is 5. The van der Waals surface area contributed by atoms with Crippen molar-refractivity contribution in [3.8, 4) is 11.5 Å². The molecule has 0 bridgehead atoms. The molecular weight excluding hydrogens is 282 g/mol. The molecule has 1 N–H and O–H groups in total. The van der Waals surface area contributed by atoms with E-state index in [0.717, 1.165) is 0 Å². The van der Waals surface area contributed by atoms with Gasteiger partial charge in [0.15, 0.2) is 11.5 Å². The average molecular weight is 295 g/mol. The lowest BCUT2D eigenvalue weighted by molar-refractivity contribution is 0.174. The topological polar surface area (TPSA) is 82.5 Å². The molecule has 0 spiro atoms. The highest BCUT2D eigenvalue weighted by molar-refractivity contribution is 7.89. The van der Waals surface area contributed by atoms with Gasteiger partial charge < -0.3 is 9.47 Å². The highest BCUT2D eigenvalue weighted by Crippen LogP contribution is 2.33. The molecule has 0 amide bonds. The number of benzene rings is 1. The summed E-state index contributed by atoms with van der Waals surface area (Å²) >= 11 is 0. The van der Waals surface area contributed by atoms with Gasteiger partial charge >= 0.3 is 0 Å². The molecule has 2 heterocycles. The Morgan fingerprint density at radius 1 is 1.30 bits per heavy atom. The van der Waals surface area contributed by atoms with Crippen molar-refractivity contribution in [2.24, 2.45) is 0 Å². The second-order valence-corrected chi connectivity index (χ2v) is 5.95. The molecule has 7 nitrogen and oxygen atoms in total. The van der Waals surface area contributed by atoms with Gasteiger partial charge in [-0.2, -0.15) is 5.10 Å². The first-order valence-corrected chi connectivity index (χ1v) is 7.50. The Morgan fingerprint density at radius 3 is 2.95 bits per heavy atom. The van der Waals surface area contributed by atoms with Gasteiger partial charge in [-0.1, -0.05) is 0 Å². The second-order valence-electron chi connectivity index (χ2n) is 4.18. The van der Waals surface area contributed by atoms with Crippen molar-refractivity contribution in [1.82, 2.24) is 14.5 Å². The minimum absolute atomic E-state index is 0.117. The number of sulfonamides is 1. The number of rotatable bonds is 5. The third-order valence-electron chi connectivity index (χ3n) is 2.85. The van der Waals surface area contributed by atoms with Crippen LogP contribution in [0.25, 0.3) is 0 Å². The Morgan fingerprint density at radius 2 is 2.15 bits per heavy atom. The van der Waals surface area contributed by atoms with Gasteiger partial charge in [-0.3, -0.25) is 4.68 Å². The number of fused-ring (bicyclic) bond motifs is 1. The maximum Gasteiger partial charge on any atom is 0.240 e. The van der Waals surface area contributed by atoms with Crippen LogP contribution in [0.4, 0.5) is 0 Å². The molecule has 0 atom stereocenters. The highest BCUT2D eigenvalue weighted by Gasteiger charge is 2.19. The molecule has 0 unspecified atom stereocenters. The summed E-state index contributed by atoms with van der Waals surface area (Å²) in [5.41, 5.74) is 0. The molecule has 1 aromatic heterocycles. The molecule has 2 aromatic rings. The van der Waals surface area contributed by atoms with E-state index in [1.165, 1.54) is 12.1 Å². The zero-order valence-electron chi connectivity index (χ0n) is 10.5. The maximum absolute atomic E-state index is 12.1. The third-order valence-corrected chi connectivity index (χ3v) is 4.31. The Labute approximate surface area is 116 Å². The number of nitrogens with zero attached hydrogens (tertiary/aromatic N) is 2. The summed E-state index contributed by atoms with van der Waals surface area (Å²) in [6.45, 7) is 0.848. The molecule has 1 aromatic carbocycles. The first-order valence-electron chi connectivity index (χ1n) is 6.02. The van der Waals surface area contributed by atoms with E-state index in [1.807, 2.05) is 0 Å². The molecule has 1 aliphatic rings. The molecular formula is C12H13N3O4S. The fourth-order valence-electron chi connectivity index (χ4n) is 1.85. The van der Waals surface area contributed by atoms with Crippen LogP contribution < -0.4 is 14.2 Å². The lowest BCUT2D eigenvalue weighted by atomic mass is 10.3. The van der Waals surface area contributed by atoms with Crippen LogP contribution in [0.2, 0.25) is 0 Å². The number of aromatic nitrogens is 2. The van der Waals surface area contributed by atoms with Crippen LogP contribution in [0.1, 0.15) is 0 Å². The van der Waals surface area contributed by atoms with Crippen LogP contribution in [0.15, 0.2) is 41.6 Å². The van der Waals surface area contributed by atoms with Gasteiger partial charge in [-0.25, -0.2) is 13.1 Å². The molecule has 1 aliphatic heterocycles. The number of nitrogens with one attached hydrogen (secondary N) is 1. The normalized spacial score (nSPS) is 13.6. The van der Waals surface area contributed by atoms with Crippen LogP contribution in [-0.4, -0.2) is 31.5 Å². The van der Waals surface area contributed by atoms with Gasteiger partial charge in [0.25, 0.3) is 0 Å². The number of hydrogen-bond donors (Lipinski definition) is 1. The minimum atomic E-state index is -3.56. The standard InChI is InChI=1S/C12H13N3O4S/c16-20(17,14-5-7-15-6-1-4-13-15)10-2-3-11-12(8-10)19-9-18-11/h1-4,6,8,14H,5,7,9H2. The van der Waals surface area contributed by atoms with E-state index >= 15 is 0 Å². The quantitative estimate of drug-likeness (QED) is 0.873. The lowest BCUT2D eigenvalue weighted by Gasteiger charge is -2.07. The molecule has 0 saturated carbocycles. The predicted molar refractivity (Wildman–Crippen MR) is 70.0 cm³/mol. The first kappa shape index (κ1) is 12.9. The SMILES string of the molecule is O=S(=O)(NCCn1cccn1)c1ccc2c(c1)OCO2.